The quantitative estimate of drug-likeness (QED) is 0.521. The molecule has 1 saturated heterocycles. The predicted molar refractivity (Wildman–Crippen MR) is 115 cm³/mol. The normalized spacial score (nSPS) is 22.4. The van der Waals surface area contributed by atoms with Crippen molar-refractivity contribution in [1.82, 2.24) is 4.90 Å². The maximum atomic E-state index is 12.6. The van der Waals surface area contributed by atoms with Gasteiger partial charge in [0.2, 0.25) is 0 Å². The van der Waals surface area contributed by atoms with Crippen LogP contribution in [0.4, 0.5) is 0 Å². The average Bonchev–Trinajstić information content (AvgIpc) is 3.08. The highest BCUT2D eigenvalue weighted by atomic mass is 16.6. The van der Waals surface area contributed by atoms with Gasteiger partial charge >= 0.3 is 5.97 Å². The van der Waals surface area contributed by atoms with E-state index in [0.29, 0.717) is 0 Å². The number of carbonyl (C=O) groups is 1. The van der Waals surface area contributed by atoms with Crippen molar-refractivity contribution in [1.29, 1.82) is 0 Å². The summed E-state index contributed by atoms with van der Waals surface area (Å²) in [6.07, 6.45) is -0.270. The number of cyclic esters (lactones) is 1. The number of rotatable bonds is 6. The topological polar surface area (TPSA) is 29.5 Å². The van der Waals surface area contributed by atoms with Crippen LogP contribution in [0.3, 0.4) is 0 Å². The van der Waals surface area contributed by atoms with E-state index in [9.17, 15) is 4.79 Å². The summed E-state index contributed by atoms with van der Waals surface area (Å²) in [6, 6.07) is 31.1. The van der Waals surface area contributed by atoms with Crippen LogP contribution in [-0.4, -0.2) is 16.9 Å². The van der Waals surface area contributed by atoms with Gasteiger partial charge in [0.15, 0.2) is 0 Å². The summed E-state index contributed by atoms with van der Waals surface area (Å²) >= 11 is 0. The molecule has 0 aliphatic carbocycles. The minimum absolute atomic E-state index is 0.0414. The van der Waals surface area contributed by atoms with Gasteiger partial charge in [-0.15, -0.1) is 0 Å². The Balaban J connectivity index is 1.74. The van der Waals surface area contributed by atoms with Crippen molar-refractivity contribution in [3.8, 4) is 0 Å². The lowest BCUT2D eigenvalue weighted by Gasteiger charge is -2.38. The molecule has 1 fully saturated rings. The number of hydrogen-bond donors (Lipinski definition) is 0. The molecule has 3 heteroatoms. The standard InChI is InChI=1S/C26H27NO2/c1-19-24(25(29-26(19)28)23-16-10-5-11-17-23)27(18-21-12-6-3-7-13-21)20(2)22-14-8-4-9-15-22/h3-17,19-20,24-25H,18H2,1-2H3/t19-,20-,24-,25+/m1/s1. The lowest BCUT2D eigenvalue weighted by Crippen LogP contribution is -2.42. The van der Waals surface area contributed by atoms with Crippen LogP contribution in [0.5, 0.6) is 0 Å². The first-order valence-corrected chi connectivity index (χ1v) is 10.2. The highest BCUT2D eigenvalue weighted by Gasteiger charge is 2.47. The monoisotopic (exact) mass is 385 g/mol. The molecule has 4 rings (SSSR count). The first kappa shape index (κ1) is 19.4. The lowest BCUT2D eigenvalue weighted by atomic mass is 9.91. The van der Waals surface area contributed by atoms with E-state index >= 15 is 0 Å². The Morgan fingerprint density at radius 3 is 2.03 bits per heavy atom. The van der Waals surface area contributed by atoms with E-state index in [1.54, 1.807) is 0 Å². The van der Waals surface area contributed by atoms with Crippen molar-refractivity contribution < 1.29 is 9.53 Å². The Morgan fingerprint density at radius 1 is 0.862 bits per heavy atom. The van der Waals surface area contributed by atoms with Crippen LogP contribution in [0.25, 0.3) is 0 Å². The van der Waals surface area contributed by atoms with Gasteiger partial charge in [0.1, 0.15) is 6.10 Å². The molecule has 0 N–H and O–H groups in total. The molecule has 148 valence electrons. The Labute approximate surface area is 172 Å². The van der Waals surface area contributed by atoms with Crippen LogP contribution in [0, 0.1) is 5.92 Å². The van der Waals surface area contributed by atoms with Crippen molar-refractivity contribution in [2.24, 2.45) is 5.92 Å². The Hall–Kier alpha value is -2.91. The summed E-state index contributed by atoms with van der Waals surface area (Å²) in [4.78, 5) is 15.1. The van der Waals surface area contributed by atoms with E-state index in [4.69, 9.17) is 4.74 Å². The number of esters is 1. The molecule has 0 unspecified atom stereocenters. The van der Waals surface area contributed by atoms with Crippen LogP contribution < -0.4 is 0 Å². The van der Waals surface area contributed by atoms with E-state index in [-0.39, 0.29) is 30.1 Å². The van der Waals surface area contributed by atoms with Crippen molar-refractivity contribution in [3.05, 3.63) is 108 Å². The van der Waals surface area contributed by atoms with Gasteiger partial charge in [-0.2, -0.15) is 0 Å². The zero-order valence-corrected chi connectivity index (χ0v) is 16.9. The summed E-state index contributed by atoms with van der Waals surface area (Å²) in [5.74, 6) is -0.322. The minimum Gasteiger partial charge on any atom is -0.456 e. The highest BCUT2D eigenvalue weighted by molar-refractivity contribution is 5.76. The molecular formula is C26H27NO2. The van der Waals surface area contributed by atoms with Crippen LogP contribution >= 0.6 is 0 Å². The molecule has 3 aromatic rings. The fourth-order valence-corrected chi connectivity index (χ4v) is 4.29. The van der Waals surface area contributed by atoms with Crippen molar-refractivity contribution in [2.45, 2.75) is 38.6 Å². The second-order valence-electron chi connectivity index (χ2n) is 7.79. The molecule has 29 heavy (non-hydrogen) atoms. The van der Waals surface area contributed by atoms with Gasteiger partial charge in [0.05, 0.1) is 12.0 Å². The third kappa shape index (κ3) is 4.10. The maximum Gasteiger partial charge on any atom is 0.311 e. The van der Waals surface area contributed by atoms with Crippen molar-refractivity contribution in [2.75, 3.05) is 0 Å². The molecule has 0 radical (unpaired) electrons. The van der Waals surface area contributed by atoms with Crippen molar-refractivity contribution in [3.63, 3.8) is 0 Å². The number of hydrogen-bond acceptors (Lipinski definition) is 3. The fourth-order valence-electron chi connectivity index (χ4n) is 4.29. The SMILES string of the molecule is C[C@H](c1ccccc1)N(Cc1ccccc1)[C@@H]1[C@@H](C)C(=O)O[C@H]1c1ccccc1. The highest BCUT2D eigenvalue weighted by Crippen LogP contribution is 2.41. The number of carbonyl (C=O) groups excluding carboxylic acids is 1. The Morgan fingerprint density at radius 2 is 1.41 bits per heavy atom. The first-order chi connectivity index (χ1) is 14.1. The maximum absolute atomic E-state index is 12.6. The van der Waals surface area contributed by atoms with Gasteiger partial charge in [0.25, 0.3) is 0 Å². The van der Waals surface area contributed by atoms with Gasteiger partial charge in [-0.3, -0.25) is 9.69 Å². The number of nitrogens with zero attached hydrogens (tertiary/aromatic N) is 1. The van der Waals surface area contributed by atoms with Gasteiger partial charge in [-0.25, -0.2) is 0 Å². The summed E-state index contributed by atoms with van der Waals surface area (Å²) in [5.41, 5.74) is 3.52. The molecule has 0 amide bonds. The molecule has 1 aliphatic heterocycles. The average molecular weight is 386 g/mol. The molecule has 0 spiro atoms. The van der Waals surface area contributed by atoms with E-state index in [0.717, 1.165) is 12.1 Å². The fraction of sp³-hybridized carbons (Fsp3) is 0.269. The summed E-state index contributed by atoms with van der Waals surface area (Å²) in [7, 11) is 0. The predicted octanol–water partition coefficient (Wildman–Crippen LogP) is 5.55. The van der Waals surface area contributed by atoms with E-state index in [2.05, 4.69) is 72.5 Å². The van der Waals surface area contributed by atoms with E-state index in [1.807, 2.05) is 37.3 Å². The van der Waals surface area contributed by atoms with Crippen molar-refractivity contribution >= 4 is 5.97 Å². The lowest BCUT2D eigenvalue weighted by molar-refractivity contribution is -0.144. The first-order valence-electron chi connectivity index (χ1n) is 10.2. The molecule has 1 heterocycles. The molecule has 0 bridgehead atoms. The Bertz CT molecular complexity index is 927. The van der Waals surface area contributed by atoms with E-state index in [1.165, 1.54) is 11.1 Å². The summed E-state index contributed by atoms with van der Waals surface area (Å²) < 4.78 is 5.90. The van der Waals surface area contributed by atoms with Crippen LogP contribution in [-0.2, 0) is 16.1 Å². The van der Waals surface area contributed by atoms with Crippen LogP contribution in [0.15, 0.2) is 91.0 Å². The molecule has 4 atom stereocenters. The third-order valence-corrected chi connectivity index (χ3v) is 5.94. The largest absolute Gasteiger partial charge is 0.456 e. The van der Waals surface area contributed by atoms with Gasteiger partial charge in [-0.1, -0.05) is 97.9 Å². The molecule has 3 nitrogen and oxygen atoms in total. The zero-order valence-electron chi connectivity index (χ0n) is 16.9. The van der Waals surface area contributed by atoms with Crippen LogP contribution in [0.2, 0.25) is 0 Å². The summed E-state index contributed by atoms with van der Waals surface area (Å²) in [6.45, 7) is 4.97. The molecule has 0 saturated carbocycles. The number of ether oxygens (including phenoxy) is 1. The van der Waals surface area contributed by atoms with Gasteiger partial charge < -0.3 is 4.74 Å². The second-order valence-corrected chi connectivity index (χ2v) is 7.79. The Kier molecular flexibility index (Phi) is 5.77. The van der Waals surface area contributed by atoms with Crippen LogP contribution in [0.1, 0.15) is 42.7 Å². The summed E-state index contributed by atoms with van der Waals surface area (Å²) in [5, 5.41) is 0. The number of benzene rings is 3. The third-order valence-electron chi connectivity index (χ3n) is 5.94. The van der Waals surface area contributed by atoms with Gasteiger partial charge in [0, 0.05) is 12.6 Å². The second kappa shape index (κ2) is 8.62. The smallest absolute Gasteiger partial charge is 0.311 e. The molecule has 0 aromatic heterocycles. The van der Waals surface area contributed by atoms with Gasteiger partial charge in [-0.05, 0) is 23.6 Å². The molecular weight excluding hydrogens is 358 g/mol. The zero-order chi connectivity index (χ0) is 20.2. The minimum atomic E-state index is -0.270. The van der Waals surface area contributed by atoms with E-state index < -0.39 is 0 Å². The molecule has 3 aromatic carbocycles. The molecule has 1 aliphatic rings.